The SMILES string of the molecule is CCc1ccc(-c2cc3n(n2)CC(C)(C(=O)NC2CCCCCC2)N(Cc2ccccc2C)C3=O)cc1. The zero-order chi connectivity index (χ0) is 26.0. The van der Waals surface area contributed by atoms with Gasteiger partial charge in [0.25, 0.3) is 5.91 Å². The van der Waals surface area contributed by atoms with Crippen LogP contribution in [0.5, 0.6) is 0 Å². The van der Waals surface area contributed by atoms with Gasteiger partial charge < -0.3 is 10.2 Å². The number of amides is 2. The highest BCUT2D eigenvalue weighted by molar-refractivity contribution is 6.00. The summed E-state index contributed by atoms with van der Waals surface area (Å²) >= 11 is 0. The number of aromatic nitrogens is 2. The maximum absolute atomic E-state index is 14.0. The molecule has 1 saturated carbocycles. The average Bonchev–Trinajstić information content (AvgIpc) is 3.15. The molecule has 1 N–H and O–H groups in total. The van der Waals surface area contributed by atoms with E-state index in [4.69, 9.17) is 5.10 Å². The van der Waals surface area contributed by atoms with Crippen molar-refractivity contribution in [3.05, 3.63) is 77.0 Å². The number of rotatable bonds is 6. The summed E-state index contributed by atoms with van der Waals surface area (Å²) in [4.78, 5) is 29.7. The molecule has 6 heteroatoms. The number of hydrogen-bond acceptors (Lipinski definition) is 3. The van der Waals surface area contributed by atoms with Crippen LogP contribution in [-0.4, -0.2) is 38.1 Å². The molecule has 5 rings (SSSR count). The van der Waals surface area contributed by atoms with E-state index in [0.29, 0.717) is 18.8 Å². The van der Waals surface area contributed by atoms with Crippen LogP contribution in [0.25, 0.3) is 11.3 Å². The minimum Gasteiger partial charge on any atom is -0.351 e. The molecule has 2 aliphatic rings. The lowest BCUT2D eigenvalue weighted by molar-refractivity contribution is -0.134. The highest BCUT2D eigenvalue weighted by Crippen LogP contribution is 2.32. The van der Waals surface area contributed by atoms with Crippen LogP contribution < -0.4 is 5.32 Å². The maximum Gasteiger partial charge on any atom is 0.273 e. The highest BCUT2D eigenvalue weighted by Gasteiger charge is 2.48. The van der Waals surface area contributed by atoms with Crippen LogP contribution in [0.3, 0.4) is 0 Å². The first-order valence-corrected chi connectivity index (χ1v) is 13.7. The summed E-state index contributed by atoms with van der Waals surface area (Å²) in [5.74, 6) is -0.242. The van der Waals surface area contributed by atoms with Crippen molar-refractivity contribution in [1.29, 1.82) is 0 Å². The zero-order valence-corrected chi connectivity index (χ0v) is 22.3. The standard InChI is InChI=1S/C31H38N4O2/c1-4-23-15-17-24(18-16-23)27-19-28-29(36)34(20-25-12-10-9-11-22(25)2)31(3,21-35(28)33-27)30(37)32-26-13-7-5-6-8-14-26/h9-12,15-19,26H,4-8,13-14,20-21H2,1-3H3,(H,32,37). The number of nitrogens with one attached hydrogen (secondary N) is 1. The van der Waals surface area contributed by atoms with Gasteiger partial charge in [-0.1, -0.05) is 81.1 Å². The van der Waals surface area contributed by atoms with Gasteiger partial charge in [0, 0.05) is 18.2 Å². The fraction of sp³-hybridized carbons (Fsp3) is 0.452. The summed E-state index contributed by atoms with van der Waals surface area (Å²) in [6.07, 6.45) is 7.69. The molecular weight excluding hydrogens is 460 g/mol. The summed E-state index contributed by atoms with van der Waals surface area (Å²) in [6.45, 7) is 6.79. The molecule has 1 atom stereocenters. The molecule has 1 fully saturated rings. The van der Waals surface area contributed by atoms with Crippen LogP contribution in [-0.2, 0) is 24.3 Å². The molecule has 0 radical (unpaired) electrons. The molecule has 194 valence electrons. The third-order valence-corrected chi connectivity index (χ3v) is 8.22. The van der Waals surface area contributed by atoms with Gasteiger partial charge in [-0.2, -0.15) is 5.10 Å². The van der Waals surface area contributed by atoms with Crippen molar-refractivity contribution >= 4 is 11.8 Å². The molecule has 6 nitrogen and oxygen atoms in total. The number of benzene rings is 2. The number of carbonyl (C=O) groups is 2. The normalized spacial score (nSPS) is 20.4. The highest BCUT2D eigenvalue weighted by atomic mass is 16.2. The molecule has 0 bridgehead atoms. The molecule has 0 spiro atoms. The Morgan fingerprint density at radius 2 is 1.76 bits per heavy atom. The Morgan fingerprint density at radius 1 is 1.05 bits per heavy atom. The minimum absolute atomic E-state index is 0.0867. The van der Waals surface area contributed by atoms with Crippen molar-refractivity contribution in [3.8, 4) is 11.3 Å². The van der Waals surface area contributed by atoms with Crippen molar-refractivity contribution in [2.75, 3.05) is 0 Å². The maximum atomic E-state index is 14.0. The van der Waals surface area contributed by atoms with Gasteiger partial charge in [-0.05, 0) is 55.9 Å². The average molecular weight is 499 g/mol. The first-order chi connectivity index (χ1) is 17.9. The third-order valence-electron chi connectivity index (χ3n) is 8.22. The summed E-state index contributed by atoms with van der Waals surface area (Å²) in [5, 5.41) is 8.14. The van der Waals surface area contributed by atoms with Crippen molar-refractivity contribution in [2.45, 2.75) is 90.4 Å². The van der Waals surface area contributed by atoms with Crippen molar-refractivity contribution in [1.82, 2.24) is 20.0 Å². The minimum atomic E-state index is -1.05. The van der Waals surface area contributed by atoms with Crippen molar-refractivity contribution in [2.24, 2.45) is 0 Å². The molecule has 1 aromatic heterocycles. The molecule has 0 saturated heterocycles. The fourth-order valence-corrected chi connectivity index (χ4v) is 5.66. The monoisotopic (exact) mass is 498 g/mol. The van der Waals surface area contributed by atoms with Gasteiger partial charge in [-0.25, -0.2) is 0 Å². The second-order valence-corrected chi connectivity index (χ2v) is 10.9. The van der Waals surface area contributed by atoms with Crippen LogP contribution >= 0.6 is 0 Å². The summed E-state index contributed by atoms with van der Waals surface area (Å²) < 4.78 is 1.74. The predicted molar refractivity (Wildman–Crippen MR) is 146 cm³/mol. The predicted octanol–water partition coefficient (Wildman–Crippen LogP) is 5.67. The Bertz CT molecular complexity index is 1270. The number of aryl methyl sites for hydroxylation is 2. The first kappa shape index (κ1) is 25.2. The van der Waals surface area contributed by atoms with E-state index in [1.807, 2.05) is 31.2 Å². The molecule has 1 aliphatic carbocycles. The van der Waals surface area contributed by atoms with Gasteiger partial charge in [0.1, 0.15) is 11.2 Å². The van der Waals surface area contributed by atoms with E-state index in [9.17, 15) is 9.59 Å². The molecule has 1 aliphatic heterocycles. The summed E-state index contributed by atoms with van der Waals surface area (Å²) in [5.41, 5.74) is 4.63. The summed E-state index contributed by atoms with van der Waals surface area (Å²) in [6, 6.07) is 18.4. The van der Waals surface area contributed by atoms with E-state index < -0.39 is 5.54 Å². The Hall–Kier alpha value is -3.41. The van der Waals surface area contributed by atoms with E-state index in [1.54, 1.807) is 9.58 Å². The fourth-order valence-electron chi connectivity index (χ4n) is 5.66. The molecule has 2 aromatic carbocycles. The van der Waals surface area contributed by atoms with Crippen LogP contribution in [0.1, 0.15) is 79.6 Å². The lowest BCUT2D eigenvalue weighted by atomic mass is 9.92. The smallest absolute Gasteiger partial charge is 0.273 e. The lowest BCUT2D eigenvalue weighted by Crippen LogP contribution is -2.64. The second kappa shape index (κ2) is 10.5. The van der Waals surface area contributed by atoms with Crippen LogP contribution in [0.2, 0.25) is 0 Å². The Morgan fingerprint density at radius 3 is 2.43 bits per heavy atom. The summed E-state index contributed by atoms with van der Waals surface area (Å²) in [7, 11) is 0. The molecule has 37 heavy (non-hydrogen) atoms. The van der Waals surface area contributed by atoms with Gasteiger partial charge in [0.15, 0.2) is 0 Å². The van der Waals surface area contributed by atoms with Crippen LogP contribution in [0, 0.1) is 6.92 Å². The number of fused-ring (bicyclic) bond motifs is 1. The number of hydrogen-bond donors (Lipinski definition) is 1. The quantitative estimate of drug-likeness (QED) is 0.445. The van der Waals surface area contributed by atoms with Gasteiger partial charge in [0.05, 0.1) is 12.2 Å². The van der Waals surface area contributed by atoms with E-state index >= 15 is 0 Å². The van der Waals surface area contributed by atoms with E-state index in [-0.39, 0.29) is 17.9 Å². The van der Waals surface area contributed by atoms with Crippen molar-refractivity contribution < 1.29 is 9.59 Å². The number of carbonyl (C=O) groups excluding carboxylic acids is 2. The zero-order valence-electron chi connectivity index (χ0n) is 22.3. The first-order valence-electron chi connectivity index (χ1n) is 13.7. The molecular formula is C31H38N4O2. The van der Waals surface area contributed by atoms with E-state index in [2.05, 4.69) is 49.5 Å². The van der Waals surface area contributed by atoms with Gasteiger partial charge >= 0.3 is 0 Å². The van der Waals surface area contributed by atoms with Gasteiger partial charge in [0.2, 0.25) is 5.91 Å². The Balaban J connectivity index is 1.50. The van der Waals surface area contributed by atoms with Gasteiger partial charge in [-0.15, -0.1) is 0 Å². The molecule has 3 aromatic rings. The van der Waals surface area contributed by atoms with E-state index in [0.717, 1.165) is 54.5 Å². The molecule has 2 heterocycles. The number of nitrogens with zero attached hydrogens (tertiary/aromatic N) is 3. The largest absolute Gasteiger partial charge is 0.351 e. The molecule has 1 unspecified atom stereocenters. The second-order valence-electron chi connectivity index (χ2n) is 10.9. The van der Waals surface area contributed by atoms with Crippen LogP contribution in [0.4, 0.5) is 0 Å². The van der Waals surface area contributed by atoms with Gasteiger partial charge in [-0.3, -0.25) is 14.3 Å². The Labute approximate surface area is 220 Å². The van der Waals surface area contributed by atoms with Crippen molar-refractivity contribution in [3.63, 3.8) is 0 Å². The topological polar surface area (TPSA) is 67.2 Å². The molecule has 2 amide bonds. The van der Waals surface area contributed by atoms with E-state index in [1.165, 1.54) is 18.4 Å². The van der Waals surface area contributed by atoms with Crippen LogP contribution in [0.15, 0.2) is 54.6 Å². The third kappa shape index (κ3) is 5.07. The lowest BCUT2D eigenvalue weighted by Gasteiger charge is -2.44. The Kier molecular flexibility index (Phi) is 7.18.